The molecule has 0 bridgehead atoms. The Morgan fingerprint density at radius 2 is 2.40 bits per heavy atom. The van der Waals surface area contributed by atoms with E-state index < -0.39 is 6.09 Å². The van der Waals surface area contributed by atoms with E-state index >= 15 is 0 Å². The van der Waals surface area contributed by atoms with Gasteiger partial charge in [-0.15, -0.1) is 11.3 Å². The SMILES string of the molecule is O=C(NCCc1ccc(Br)s1)OCCO. The minimum absolute atomic E-state index is 0.0381. The highest BCUT2D eigenvalue weighted by Crippen LogP contribution is 2.21. The summed E-state index contributed by atoms with van der Waals surface area (Å²) < 4.78 is 5.71. The van der Waals surface area contributed by atoms with E-state index in [1.54, 1.807) is 11.3 Å². The Hall–Kier alpha value is -0.590. The number of rotatable bonds is 5. The van der Waals surface area contributed by atoms with Gasteiger partial charge in [0.1, 0.15) is 6.61 Å². The van der Waals surface area contributed by atoms with Crippen LogP contribution in [0.5, 0.6) is 0 Å². The van der Waals surface area contributed by atoms with Crippen molar-refractivity contribution in [3.05, 3.63) is 20.8 Å². The molecule has 1 aromatic heterocycles. The first-order valence-corrected chi connectivity index (χ1v) is 6.09. The molecule has 84 valence electrons. The number of ether oxygens (including phenoxy) is 1. The Morgan fingerprint density at radius 1 is 1.60 bits per heavy atom. The van der Waals surface area contributed by atoms with Crippen LogP contribution >= 0.6 is 27.3 Å². The van der Waals surface area contributed by atoms with Gasteiger partial charge in [-0.05, 0) is 34.5 Å². The Bertz CT molecular complexity index is 316. The number of hydrogen-bond acceptors (Lipinski definition) is 4. The van der Waals surface area contributed by atoms with E-state index in [2.05, 4.69) is 26.0 Å². The largest absolute Gasteiger partial charge is 0.447 e. The van der Waals surface area contributed by atoms with Crippen LogP contribution in [-0.2, 0) is 11.2 Å². The zero-order chi connectivity index (χ0) is 11.1. The van der Waals surface area contributed by atoms with E-state index in [0.717, 1.165) is 10.2 Å². The number of aliphatic hydroxyl groups excluding tert-OH is 1. The third-order valence-electron chi connectivity index (χ3n) is 1.59. The van der Waals surface area contributed by atoms with Crippen molar-refractivity contribution in [2.24, 2.45) is 0 Å². The molecule has 0 aliphatic heterocycles. The van der Waals surface area contributed by atoms with Crippen molar-refractivity contribution < 1.29 is 14.6 Å². The number of aliphatic hydroxyl groups is 1. The molecular formula is C9H12BrNO3S. The molecule has 2 N–H and O–H groups in total. The van der Waals surface area contributed by atoms with Crippen LogP contribution in [-0.4, -0.2) is 31.0 Å². The quantitative estimate of drug-likeness (QED) is 0.870. The van der Waals surface area contributed by atoms with E-state index in [4.69, 9.17) is 5.11 Å². The zero-order valence-corrected chi connectivity index (χ0v) is 10.4. The molecule has 0 aliphatic carbocycles. The molecule has 1 aromatic rings. The van der Waals surface area contributed by atoms with Gasteiger partial charge in [-0.25, -0.2) is 4.79 Å². The van der Waals surface area contributed by atoms with Crippen molar-refractivity contribution in [2.45, 2.75) is 6.42 Å². The van der Waals surface area contributed by atoms with Crippen LogP contribution in [0.2, 0.25) is 0 Å². The molecule has 0 aromatic carbocycles. The topological polar surface area (TPSA) is 58.6 Å². The Balaban J connectivity index is 2.13. The van der Waals surface area contributed by atoms with E-state index in [0.29, 0.717) is 6.54 Å². The lowest BCUT2D eigenvalue weighted by molar-refractivity contribution is 0.119. The second kappa shape index (κ2) is 6.81. The minimum atomic E-state index is -0.486. The summed E-state index contributed by atoms with van der Waals surface area (Å²) in [5.41, 5.74) is 0. The van der Waals surface area contributed by atoms with Crippen molar-refractivity contribution in [3.8, 4) is 0 Å². The summed E-state index contributed by atoms with van der Waals surface area (Å²) in [6, 6.07) is 3.99. The average molecular weight is 294 g/mol. The van der Waals surface area contributed by atoms with Gasteiger partial charge < -0.3 is 15.2 Å². The minimum Gasteiger partial charge on any atom is -0.447 e. The second-order valence-electron chi connectivity index (χ2n) is 2.74. The summed E-state index contributed by atoms with van der Waals surface area (Å²) in [5.74, 6) is 0. The van der Waals surface area contributed by atoms with Gasteiger partial charge in [-0.2, -0.15) is 0 Å². The van der Waals surface area contributed by atoms with Gasteiger partial charge in [0, 0.05) is 11.4 Å². The molecule has 6 heteroatoms. The summed E-state index contributed by atoms with van der Waals surface area (Å²) in [7, 11) is 0. The normalized spacial score (nSPS) is 10.0. The van der Waals surface area contributed by atoms with Gasteiger partial charge in [-0.3, -0.25) is 0 Å². The molecule has 0 saturated carbocycles. The lowest BCUT2D eigenvalue weighted by Crippen LogP contribution is -2.27. The maximum absolute atomic E-state index is 10.9. The van der Waals surface area contributed by atoms with E-state index in [-0.39, 0.29) is 13.2 Å². The maximum atomic E-state index is 10.9. The monoisotopic (exact) mass is 293 g/mol. The summed E-state index contributed by atoms with van der Waals surface area (Å²) in [4.78, 5) is 12.1. The predicted molar refractivity (Wildman–Crippen MR) is 62.2 cm³/mol. The van der Waals surface area contributed by atoms with Crippen LogP contribution in [0.4, 0.5) is 4.79 Å². The van der Waals surface area contributed by atoms with E-state index in [9.17, 15) is 4.79 Å². The third kappa shape index (κ3) is 5.15. The van der Waals surface area contributed by atoms with Crippen molar-refractivity contribution in [1.29, 1.82) is 0 Å². The van der Waals surface area contributed by atoms with Crippen LogP contribution in [0.3, 0.4) is 0 Å². The molecule has 0 saturated heterocycles. The lowest BCUT2D eigenvalue weighted by atomic mass is 10.3. The first-order valence-electron chi connectivity index (χ1n) is 4.48. The fraction of sp³-hybridized carbons (Fsp3) is 0.444. The van der Waals surface area contributed by atoms with Gasteiger partial charge in [0.05, 0.1) is 10.4 Å². The first kappa shape index (κ1) is 12.5. The Labute approximate surface area is 100 Å². The number of alkyl carbamates (subject to hydrolysis) is 1. The number of amides is 1. The van der Waals surface area contributed by atoms with Gasteiger partial charge >= 0.3 is 6.09 Å². The fourth-order valence-corrected chi connectivity index (χ4v) is 2.45. The van der Waals surface area contributed by atoms with Crippen LogP contribution in [0.15, 0.2) is 15.9 Å². The van der Waals surface area contributed by atoms with Gasteiger partial charge in [0.2, 0.25) is 0 Å². The highest BCUT2D eigenvalue weighted by atomic mass is 79.9. The summed E-state index contributed by atoms with van der Waals surface area (Å²) in [6.45, 7) is 0.429. The molecule has 0 spiro atoms. The molecule has 1 rings (SSSR count). The van der Waals surface area contributed by atoms with Crippen LogP contribution in [0, 0.1) is 0 Å². The zero-order valence-electron chi connectivity index (χ0n) is 8.03. The van der Waals surface area contributed by atoms with Gasteiger partial charge in [0.25, 0.3) is 0 Å². The molecule has 1 amide bonds. The maximum Gasteiger partial charge on any atom is 0.407 e. The number of thiophene rings is 1. The molecule has 1 heterocycles. The standard InChI is InChI=1S/C9H12BrNO3S/c10-8-2-1-7(15-8)3-4-11-9(13)14-6-5-12/h1-2,12H,3-6H2,(H,11,13). The molecule has 0 atom stereocenters. The molecule has 4 nitrogen and oxygen atoms in total. The molecule has 0 radical (unpaired) electrons. The highest BCUT2D eigenvalue weighted by Gasteiger charge is 2.01. The van der Waals surface area contributed by atoms with Crippen LogP contribution in [0.1, 0.15) is 4.88 Å². The summed E-state index contributed by atoms with van der Waals surface area (Å²) in [5, 5.41) is 11.0. The smallest absolute Gasteiger partial charge is 0.407 e. The van der Waals surface area contributed by atoms with Gasteiger partial charge in [-0.1, -0.05) is 0 Å². The lowest BCUT2D eigenvalue weighted by Gasteiger charge is -2.04. The molecule has 0 unspecified atom stereocenters. The number of hydrogen-bond donors (Lipinski definition) is 2. The molecular weight excluding hydrogens is 282 g/mol. The number of carbonyl (C=O) groups excluding carboxylic acids is 1. The van der Waals surface area contributed by atoms with Crippen molar-refractivity contribution in [2.75, 3.05) is 19.8 Å². The molecule has 15 heavy (non-hydrogen) atoms. The predicted octanol–water partition coefficient (Wildman–Crippen LogP) is 1.77. The summed E-state index contributed by atoms with van der Waals surface area (Å²) >= 11 is 5.01. The summed E-state index contributed by atoms with van der Waals surface area (Å²) in [6.07, 6.45) is 0.296. The third-order valence-corrected chi connectivity index (χ3v) is 3.28. The number of halogens is 1. The average Bonchev–Trinajstić information content (AvgIpc) is 2.61. The number of nitrogens with one attached hydrogen (secondary N) is 1. The van der Waals surface area contributed by atoms with Crippen molar-refractivity contribution in [1.82, 2.24) is 5.32 Å². The highest BCUT2D eigenvalue weighted by molar-refractivity contribution is 9.11. The van der Waals surface area contributed by atoms with Crippen molar-refractivity contribution >= 4 is 33.4 Å². The number of carbonyl (C=O) groups is 1. The van der Waals surface area contributed by atoms with E-state index in [1.807, 2.05) is 12.1 Å². The second-order valence-corrected chi connectivity index (χ2v) is 5.29. The first-order chi connectivity index (χ1) is 7.22. The van der Waals surface area contributed by atoms with Gasteiger partial charge in [0.15, 0.2) is 0 Å². The van der Waals surface area contributed by atoms with E-state index in [1.165, 1.54) is 4.88 Å². The fourth-order valence-electron chi connectivity index (χ4n) is 0.963. The van der Waals surface area contributed by atoms with Crippen LogP contribution < -0.4 is 5.32 Å². The van der Waals surface area contributed by atoms with Crippen molar-refractivity contribution in [3.63, 3.8) is 0 Å². The van der Waals surface area contributed by atoms with Crippen LogP contribution in [0.25, 0.3) is 0 Å². The molecule has 0 fully saturated rings. The Morgan fingerprint density at radius 3 is 3.00 bits per heavy atom. The Kier molecular flexibility index (Phi) is 5.67. The molecule has 0 aliphatic rings.